The molecule has 1 heterocycles. The van der Waals surface area contributed by atoms with Crippen LogP contribution < -0.4 is 5.32 Å². The van der Waals surface area contributed by atoms with Gasteiger partial charge in [0.2, 0.25) is 10.6 Å². The average Bonchev–Trinajstić information content (AvgIpc) is 2.96. The highest BCUT2D eigenvalue weighted by atomic mass is 79.9. The summed E-state index contributed by atoms with van der Waals surface area (Å²) in [4.78, 5) is 17.6. The van der Waals surface area contributed by atoms with Crippen LogP contribution in [0.5, 0.6) is 0 Å². The molecule has 3 rings (SSSR count). The summed E-state index contributed by atoms with van der Waals surface area (Å²) in [6, 6.07) is 17.9. The number of halogens is 1. The molecule has 0 aliphatic rings. The molecule has 0 atom stereocenters. The van der Waals surface area contributed by atoms with Crippen LogP contribution in [-0.4, -0.2) is 20.7 Å². The summed E-state index contributed by atoms with van der Waals surface area (Å²) in [5.74, 6) is 0.333. The standard InChI is InChI=1S/C20H21BrN4OS/c1-14(2)12-18(26)22-16-10-6-7-11-17(16)27-20-23-19(21)24-25(20)13-15-8-4-3-5-9-15/h3-11,14H,12-13H2,1-2H3,(H,22,26). The fourth-order valence-electron chi connectivity index (χ4n) is 2.57. The Kier molecular flexibility index (Phi) is 6.68. The third-order valence-corrected chi connectivity index (χ3v) is 5.14. The van der Waals surface area contributed by atoms with Crippen LogP contribution in [0.15, 0.2) is 69.4 Å². The first-order valence-corrected chi connectivity index (χ1v) is 10.3. The Hall–Kier alpha value is -2.12. The lowest BCUT2D eigenvalue weighted by Crippen LogP contribution is -2.14. The quantitative estimate of drug-likeness (QED) is 0.542. The van der Waals surface area contributed by atoms with Crippen LogP contribution in [0.1, 0.15) is 25.8 Å². The van der Waals surface area contributed by atoms with E-state index in [0.717, 1.165) is 21.3 Å². The Morgan fingerprint density at radius 1 is 1.15 bits per heavy atom. The minimum atomic E-state index is 0.0185. The fraction of sp³-hybridized carbons (Fsp3) is 0.250. The van der Waals surface area contributed by atoms with E-state index in [1.165, 1.54) is 11.8 Å². The Balaban J connectivity index is 1.81. The number of benzene rings is 2. The number of hydrogen-bond acceptors (Lipinski definition) is 4. The van der Waals surface area contributed by atoms with Crippen molar-refractivity contribution in [3.8, 4) is 0 Å². The monoisotopic (exact) mass is 444 g/mol. The Morgan fingerprint density at radius 2 is 1.85 bits per heavy atom. The van der Waals surface area contributed by atoms with Gasteiger partial charge in [-0.3, -0.25) is 4.79 Å². The first-order chi connectivity index (χ1) is 13.0. The summed E-state index contributed by atoms with van der Waals surface area (Å²) in [5.41, 5.74) is 1.94. The van der Waals surface area contributed by atoms with Gasteiger partial charge in [0.05, 0.1) is 12.2 Å². The zero-order chi connectivity index (χ0) is 19.2. The van der Waals surface area contributed by atoms with E-state index in [9.17, 15) is 4.79 Å². The normalized spacial score (nSPS) is 11.0. The van der Waals surface area contributed by atoms with Gasteiger partial charge in [-0.2, -0.15) is 4.98 Å². The lowest BCUT2D eigenvalue weighted by atomic mass is 10.1. The molecular formula is C20H21BrN4OS. The molecule has 0 bridgehead atoms. The number of carbonyl (C=O) groups is 1. The Bertz CT molecular complexity index is 911. The molecule has 0 radical (unpaired) electrons. The third-order valence-electron chi connectivity index (χ3n) is 3.74. The van der Waals surface area contributed by atoms with Gasteiger partial charge in [-0.05, 0) is 51.3 Å². The van der Waals surface area contributed by atoms with E-state index >= 15 is 0 Å². The van der Waals surface area contributed by atoms with Crippen LogP contribution in [0.4, 0.5) is 5.69 Å². The van der Waals surface area contributed by atoms with E-state index in [-0.39, 0.29) is 5.91 Å². The molecule has 1 aromatic heterocycles. The maximum Gasteiger partial charge on any atom is 0.224 e. The molecule has 0 saturated heterocycles. The van der Waals surface area contributed by atoms with Crippen molar-refractivity contribution in [2.45, 2.75) is 36.9 Å². The number of nitrogens with one attached hydrogen (secondary N) is 1. The van der Waals surface area contributed by atoms with E-state index in [4.69, 9.17) is 0 Å². The maximum atomic E-state index is 12.2. The van der Waals surface area contributed by atoms with E-state index in [1.54, 1.807) is 0 Å². The Labute approximate surface area is 171 Å². The number of nitrogens with zero attached hydrogens (tertiary/aromatic N) is 3. The fourth-order valence-corrected chi connectivity index (χ4v) is 3.96. The largest absolute Gasteiger partial charge is 0.325 e. The summed E-state index contributed by atoms with van der Waals surface area (Å²) in [5, 5.41) is 8.22. The summed E-state index contributed by atoms with van der Waals surface area (Å²) in [6.45, 7) is 4.69. The van der Waals surface area contributed by atoms with Crippen LogP contribution >= 0.6 is 27.7 Å². The van der Waals surface area contributed by atoms with Crippen molar-refractivity contribution in [2.24, 2.45) is 5.92 Å². The van der Waals surface area contributed by atoms with E-state index in [2.05, 4.69) is 43.5 Å². The number of aromatic nitrogens is 3. The molecule has 0 saturated carbocycles. The third kappa shape index (κ3) is 5.68. The van der Waals surface area contributed by atoms with Crippen LogP contribution in [0.25, 0.3) is 0 Å². The second-order valence-electron chi connectivity index (χ2n) is 6.55. The highest BCUT2D eigenvalue weighted by Crippen LogP contribution is 2.33. The number of anilines is 1. The predicted octanol–water partition coefficient (Wildman–Crippen LogP) is 5.22. The van der Waals surface area contributed by atoms with Crippen molar-refractivity contribution in [1.82, 2.24) is 14.8 Å². The zero-order valence-corrected chi connectivity index (χ0v) is 17.6. The molecule has 0 spiro atoms. The maximum absolute atomic E-state index is 12.2. The SMILES string of the molecule is CC(C)CC(=O)Nc1ccccc1Sc1nc(Br)nn1Cc1ccccc1. The molecule has 27 heavy (non-hydrogen) atoms. The molecule has 5 nitrogen and oxygen atoms in total. The van der Waals surface area contributed by atoms with Gasteiger partial charge < -0.3 is 5.32 Å². The van der Waals surface area contributed by atoms with Gasteiger partial charge in [0.15, 0.2) is 5.16 Å². The first-order valence-electron chi connectivity index (χ1n) is 8.72. The summed E-state index contributed by atoms with van der Waals surface area (Å²) in [7, 11) is 0. The van der Waals surface area contributed by atoms with E-state index in [1.807, 2.05) is 61.0 Å². The molecular weight excluding hydrogens is 424 g/mol. The number of carbonyl (C=O) groups excluding carboxylic acids is 1. The predicted molar refractivity (Wildman–Crippen MR) is 112 cm³/mol. The zero-order valence-electron chi connectivity index (χ0n) is 15.2. The lowest BCUT2D eigenvalue weighted by Gasteiger charge is -2.12. The van der Waals surface area contributed by atoms with Gasteiger partial charge in [0.1, 0.15) is 0 Å². The molecule has 0 unspecified atom stereocenters. The van der Waals surface area contributed by atoms with Gasteiger partial charge in [-0.15, -0.1) is 5.10 Å². The van der Waals surface area contributed by atoms with Crippen LogP contribution in [-0.2, 0) is 11.3 Å². The van der Waals surface area contributed by atoms with Crippen molar-refractivity contribution >= 4 is 39.3 Å². The first kappa shape index (κ1) is 19.6. The minimum absolute atomic E-state index is 0.0185. The van der Waals surface area contributed by atoms with Crippen LogP contribution in [0.3, 0.4) is 0 Å². The highest BCUT2D eigenvalue weighted by molar-refractivity contribution is 9.10. The lowest BCUT2D eigenvalue weighted by molar-refractivity contribution is -0.116. The van der Waals surface area contributed by atoms with Gasteiger partial charge in [-0.1, -0.05) is 56.3 Å². The van der Waals surface area contributed by atoms with Gasteiger partial charge in [-0.25, -0.2) is 4.68 Å². The number of amides is 1. The number of para-hydroxylation sites is 1. The Morgan fingerprint density at radius 3 is 2.59 bits per heavy atom. The van der Waals surface area contributed by atoms with Crippen LogP contribution in [0.2, 0.25) is 0 Å². The van der Waals surface area contributed by atoms with Crippen molar-refractivity contribution in [3.05, 3.63) is 64.9 Å². The molecule has 0 fully saturated rings. The van der Waals surface area contributed by atoms with Crippen molar-refractivity contribution in [2.75, 3.05) is 5.32 Å². The molecule has 0 aliphatic carbocycles. The smallest absolute Gasteiger partial charge is 0.224 e. The average molecular weight is 445 g/mol. The minimum Gasteiger partial charge on any atom is -0.325 e. The molecule has 1 N–H and O–H groups in total. The molecule has 0 aliphatic heterocycles. The molecule has 2 aromatic carbocycles. The summed E-state index contributed by atoms with van der Waals surface area (Å²) < 4.78 is 2.40. The second kappa shape index (κ2) is 9.19. The second-order valence-corrected chi connectivity index (χ2v) is 8.27. The molecule has 1 amide bonds. The van der Waals surface area contributed by atoms with Gasteiger partial charge >= 0.3 is 0 Å². The van der Waals surface area contributed by atoms with Gasteiger partial charge in [0.25, 0.3) is 0 Å². The van der Waals surface area contributed by atoms with Crippen molar-refractivity contribution in [1.29, 1.82) is 0 Å². The molecule has 140 valence electrons. The topological polar surface area (TPSA) is 59.8 Å². The molecule has 3 aromatic rings. The van der Waals surface area contributed by atoms with Gasteiger partial charge in [0, 0.05) is 11.3 Å². The van der Waals surface area contributed by atoms with Crippen molar-refractivity contribution < 1.29 is 4.79 Å². The number of hydrogen-bond donors (Lipinski definition) is 1. The van der Waals surface area contributed by atoms with E-state index in [0.29, 0.717) is 23.6 Å². The highest BCUT2D eigenvalue weighted by Gasteiger charge is 2.14. The number of rotatable bonds is 7. The molecule has 7 heteroatoms. The summed E-state index contributed by atoms with van der Waals surface area (Å²) in [6.07, 6.45) is 0.495. The van der Waals surface area contributed by atoms with Crippen molar-refractivity contribution in [3.63, 3.8) is 0 Å². The van der Waals surface area contributed by atoms with E-state index < -0.39 is 0 Å². The van der Waals surface area contributed by atoms with Crippen LogP contribution in [0, 0.1) is 5.92 Å². The summed E-state index contributed by atoms with van der Waals surface area (Å²) >= 11 is 4.86.